The summed E-state index contributed by atoms with van der Waals surface area (Å²) in [5, 5.41) is 0.224. The molecule has 0 aliphatic heterocycles. The first-order valence-electron chi connectivity index (χ1n) is 4.88. The Morgan fingerprint density at radius 1 is 1.57 bits per heavy atom. The molecule has 1 unspecified atom stereocenters. The number of rotatable bonds is 4. The fourth-order valence-electron chi connectivity index (χ4n) is 1.35. The van der Waals surface area contributed by atoms with Crippen LogP contribution in [0.4, 0.5) is 5.82 Å². The average Bonchev–Trinajstić information content (AvgIpc) is 2.15. The Morgan fingerprint density at radius 3 is 2.86 bits per heavy atom. The van der Waals surface area contributed by atoms with E-state index in [1.54, 1.807) is 0 Å². The van der Waals surface area contributed by atoms with Gasteiger partial charge in [-0.05, 0) is 31.9 Å². The first kappa shape index (κ1) is 11.3. The Bertz CT molecular complexity index is 286. The minimum atomic E-state index is 0.224. The van der Waals surface area contributed by atoms with Crippen LogP contribution < -0.4 is 4.90 Å². The SMILES string of the molecule is Cc1cccnc1N(C)CCC(C)Cl. The summed E-state index contributed by atoms with van der Waals surface area (Å²) >= 11 is 5.90. The molecule has 0 radical (unpaired) electrons. The first-order chi connectivity index (χ1) is 6.61. The lowest BCUT2D eigenvalue weighted by atomic mass is 10.2. The van der Waals surface area contributed by atoms with Crippen LogP contribution in [0.25, 0.3) is 0 Å². The smallest absolute Gasteiger partial charge is 0.131 e. The molecule has 0 aliphatic carbocycles. The normalized spacial score (nSPS) is 12.6. The molecule has 0 aromatic carbocycles. The van der Waals surface area contributed by atoms with Gasteiger partial charge < -0.3 is 4.90 Å². The van der Waals surface area contributed by atoms with E-state index in [2.05, 4.69) is 29.9 Å². The maximum Gasteiger partial charge on any atom is 0.131 e. The predicted octanol–water partition coefficient (Wildman–Crippen LogP) is 2.84. The third-order valence-corrected chi connectivity index (χ3v) is 2.42. The molecule has 0 N–H and O–H groups in total. The second-order valence-electron chi connectivity index (χ2n) is 3.63. The summed E-state index contributed by atoms with van der Waals surface area (Å²) in [6, 6.07) is 4.03. The summed E-state index contributed by atoms with van der Waals surface area (Å²) in [6.45, 7) is 5.03. The summed E-state index contributed by atoms with van der Waals surface area (Å²) in [5.41, 5.74) is 1.21. The molecule has 14 heavy (non-hydrogen) atoms. The molecule has 0 amide bonds. The number of anilines is 1. The van der Waals surface area contributed by atoms with Crippen molar-refractivity contribution >= 4 is 17.4 Å². The zero-order valence-electron chi connectivity index (χ0n) is 9.00. The topological polar surface area (TPSA) is 16.1 Å². The van der Waals surface area contributed by atoms with Gasteiger partial charge in [-0.2, -0.15) is 0 Å². The molecule has 0 fully saturated rings. The van der Waals surface area contributed by atoms with Crippen molar-refractivity contribution in [3.63, 3.8) is 0 Å². The molecule has 1 aromatic heterocycles. The lowest BCUT2D eigenvalue weighted by Crippen LogP contribution is -2.22. The van der Waals surface area contributed by atoms with E-state index in [4.69, 9.17) is 11.6 Å². The number of halogens is 1. The van der Waals surface area contributed by atoms with Gasteiger partial charge in [0.15, 0.2) is 0 Å². The molecular weight excluding hydrogens is 196 g/mol. The van der Waals surface area contributed by atoms with E-state index in [-0.39, 0.29) is 5.38 Å². The maximum absolute atomic E-state index is 5.90. The van der Waals surface area contributed by atoms with E-state index in [0.29, 0.717) is 0 Å². The molecule has 2 nitrogen and oxygen atoms in total. The summed E-state index contributed by atoms with van der Waals surface area (Å²) in [7, 11) is 2.05. The van der Waals surface area contributed by atoms with Gasteiger partial charge in [-0.25, -0.2) is 4.98 Å². The molecule has 0 aliphatic rings. The number of alkyl halides is 1. The summed E-state index contributed by atoms with van der Waals surface area (Å²) in [4.78, 5) is 6.49. The van der Waals surface area contributed by atoms with Crippen molar-refractivity contribution in [3.8, 4) is 0 Å². The Hall–Kier alpha value is -0.760. The van der Waals surface area contributed by atoms with Crippen molar-refractivity contribution in [2.45, 2.75) is 25.6 Å². The molecule has 3 heteroatoms. The van der Waals surface area contributed by atoms with Gasteiger partial charge in [0.05, 0.1) is 0 Å². The third kappa shape index (κ3) is 3.18. The van der Waals surface area contributed by atoms with Crippen LogP contribution >= 0.6 is 11.6 Å². The van der Waals surface area contributed by atoms with Gasteiger partial charge >= 0.3 is 0 Å². The number of aromatic nitrogens is 1. The Morgan fingerprint density at radius 2 is 2.29 bits per heavy atom. The number of pyridine rings is 1. The first-order valence-corrected chi connectivity index (χ1v) is 5.31. The van der Waals surface area contributed by atoms with Crippen LogP contribution in [-0.2, 0) is 0 Å². The van der Waals surface area contributed by atoms with Gasteiger partial charge in [0.1, 0.15) is 5.82 Å². The van der Waals surface area contributed by atoms with Crippen LogP contribution in [0.5, 0.6) is 0 Å². The molecule has 1 rings (SSSR count). The third-order valence-electron chi connectivity index (χ3n) is 2.21. The van der Waals surface area contributed by atoms with E-state index in [9.17, 15) is 0 Å². The monoisotopic (exact) mass is 212 g/mol. The Balaban J connectivity index is 2.60. The standard InChI is InChI=1S/C11H17ClN2/c1-9-5-4-7-13-11(9)14(3)8-6-10(2)12/h4-5,7,10H,6,8H2,1-3H3. The van der Waals surface area contributed by atoms with E-state index in [1.165, 1.54) is 5.56 Å². The second-order valence-corrected chi connectivity index (χ2v) is 4.38. The summed E-state index contributed by atoms with van der Waals surface area (Å²) < 4.78 is 0. The maximum atomic E-state index is 5.90. The van der Waals surface area contributed by atoms with Crippen LogP contribution in [-0.4, -0.2) is 24.0 Å². The average molecular weight is 213 g/mol. The van der Waals surface area contributed by atoms with Crippen LogP contribution in [0, 0.1) is 6.92 Å². The van der Waals surface area contributed by atoms with Crippen LogP contribution in [0.15, 0.2) is 18.3 Å². The highest BCUT2D eigenvalue weighted by Crippen LogP contribution is 2.15. The van der Waals surface area contributed by atoms with Gasteiger partial charge in [-0.15, -0.1) is 11.6 Å². The number of hydrogen-bond acceptors (Lipinski definition) is 2. The van der Waals surface area contributed by atoms with Crippen molar-refractivity contribution in [2.75, 3.05) is 18.5 Å². The fraction of sp³-hybridized carbons (Fsp3) is 0.545. The van der Waals surface area contributed by atoms with E-state index in [0.717, 1.165) is 18.8 Å². The Labute approximate surface area is 90.9 Å². The molecule has 1 atom stereocenters. The predicted molar refractivity (Wildman–Crippen MR) is 62.2 cm³/mol. The van der Waals surface area contributed by atoms with Crippen LogP contribution in [0.1, 0.15) is 18.9 Å². The largest absolute Gasteiger partial charge is 0.359 e. The Kier molecular flexibility index (Phi) is 4.21. The fourth-order valence-corrected chi connectivity index (χ4v) is 1.45. The van der Waals surface area contributed by atoms with Gasteiger partial charge in [0, 0.05) is 25.2 Å². The van der Waals surface area contributed by atoms with Crippen molar-refractivity contribution < 1.29 is 0 Å². The van der Waals surface area contributed by atoms with E-state index in [1.807, 2.05) is 19.2 Å². The molecular formula is C11H17ClN2. The van der Waals surface area contributed by atoms with Crippen molar-refractivity contribution in [2.24, 2.45) is 0 Å². The zero-order chi connectivity index (χ0) is 10.6. The molecule has 0 bridgehead atoms. The number of nitrogens with zero attached hydrogens (tertiary/aromatic N) is 2. The molecule has 1 aromatic rings. The van der Waals surface area contributed by atoms with Crippen molar-refractivity contribution in [1.29, 1.82) is 0 Å². The number of aryl methyl sites for hydroxylation is 1. The molecule has 0 saturated carbocycles. The number of hydrogen-bond donors (Lipinski definition) is 0. The summed E-state index contributed by atoms with van der Waals surface area (Å²) in [6.07, 6.45) is 2.80. The summed E-state index contributed by atoms with van der Waals surface area (Å²) in [5.74, 6) is 1.05. The lowest BCUT2D eigenvalue weighted by Gasteiger charge is -2.20. The van der Waals surface area contributed by atoms with Crippen LogP contribution in [0.3, 0.4) is 0 Å². The van der Waals surface area contributed by atoms with E-state index < -0.39 is 0 Å². The van der Waals surface area contributed by atoms with Gasteiger partial charge in [-0.1, -0.05) is 6.07 Å². The molecule has 1 heterocycles. The highest BCUT2D eigenvalue weighted by molar-refractivity contribution is 6.20. The van der Waals surface area contributed by atoms with E-state index >= 15 is 0 Å². The van der Waals surface area contributed by atoms with Gasteiger partial charge in [0.25, 0.3) is 0 Å². The van der Waals surface area contributed by atoms with Crippen LogP contribution in [0.2, 0.25) is 0 Å². The van der Waals surface area contributed by atoms with Crippen molar-refractivity contribution in [3.05, 3.63) is 23.9 Å². The van der Waals surface area contributed by atoms with Gasteiger partial charge in [-0.3, -0.25) is 0 Å². The second kappa shape index (κ2) is 5.20. The zero-order valence-corrected chi connectivity index (χ0v) is 9.75. The highest BCUT2D eigenvalue weighted by Gasteiger charge is 2.06. The lowest BCUT2D eigenvalue weighted by molar-refractivity contribution is 0.763. The minimum Gasteiger partial charge on any atom is -0.359 e. The highest BCUT2D eigenvalue weighted by atomic mass is 35.5. The minimum absolute atomic E-state index is 0.224. The van der Waals surface area contributed by atoms with Crippen molar-refractivity contribution in [1.82, 2.24) is 4.98 Å². The molecule has 0 spiro atoms. The quantitative estimate of drug-likeness (QED) is 0.714. The van der Waals surface area contributed by atoms with Gasteiger partial charge in [0.2, 0.25) is 0 Å². The molecule has 78 valence electrons. The molecule has 0 saturated heterocycles.